The lowest BCUT2D eigenvalue weighted by Gasteiger charge is -2.40. The average Bonchev–Trinajstić information content (AvgIpc) is 3.30. The second-order valence-electron chi connectivity index (χ2n) is 15.5. The molecule has 0 radical (unpaired) electrons. The molecular weight excluding hydrogens is 782 g/mol. The predicted molar refractivity (Wildman–Crippen MR) is 198 cm³/mol. The number of quaternary nitrogens is 1. The van der Waals surface area contributed by atoms with Gasteiger partial charge in [-0.25, -0.2) is 0 Å². The van der Waals surface area contributed by atoms with E-state index < -0.39 is 47.0 Å². The Kier molecular flexibility index (Phi) is 9.64. The van der Waals surface area contributed by atoms with Crippen molar-refractivity contribution in [2.45, 2.75) is 69.9 Å². The van der Waals surface area contributed by atoms with Gasteiger partial charge in [-0.05, 0) is 118 Å². The minimum atomic E-state index is -5.13. The highest BCUT2D eigenvalue weighted by molar-refractivity contribution is 6.12. The summed E-state index contributed by atoms with van der Waals surface area (Å²) in [6.07, 6.45) is -16.5. The second-order valence-corrected chi connectivity index (χ2v) is 15.5. The Morgan fingerprint density at radius 1 is 0.379 bits per heavy atom. The number of rotatable bonds is 2. The molecule has 6 aromatic rings. The minimum Gasteiger partial charge on any atom is -0.316 e. The summed E-state index contributed by atoms with van der Waals surface area (Å²) in [5.41, 5.74) is -4.47. The lowest BCUT2D eigenvalue weighted by atomic mass is 9.81. The molecule has 1 nitrogen and oxygen atoms in total. The maximum atomic E-state index is 14.3. The first kappa shape index (κ1) is 39.8. The van der Waals surface area contributed by atoms with E-state index in [1.54, 1.807) is 60.7 Å². The fraction of sp³-hybridized carbons (Fsp3) is 0.289. The van der Waals surface area contributed by atoms with Crippen molar-refractivity contribution in [1.82, 2.24) is 0 Å². The number of hydrogen-bond acceptors (Lipinski definition) is 0. The summed E-state index contributed by atoms with van der Waals surface area (Å²) < 4.78 is 172. The number of benzene rings is 6. The molecule has 1 fully saturated rings. The fourth-order valence-corrected chi connectivity index (χ4v) is 9.00. The van der Waals surface area contributed by atoms with Gasteiger partial charge in [-0.3, -0.25) is 0 Å². The van der Waals surface area contributed by atoms with Crippen LogP contribution < -0.4 is 0 Å². The van der Waals surface area contributed by atoms with E-state index in [1.807, 2.05) is 0 Å². The molecule has 0 saturated carbocycles. The van der Waals surface area contributed by atoms with Crippen LogP contribution in [0.25, 0.3) is 54.9 Å². The van der Waals surface area contributed by atoms with Gasteiger partial charge in [-0.2, -0.15) is 52.7 Å². The van der Waals surface area contributed by atoms with Gasteiger partial charge in [0.2, 0.25) is 0 Å². The Hall–Kier alpha value is -5.04. The van der Waals surface area contributed by atoms with Gasteiger partial charge < -0.3 is 4.48 Å². The average molecular weight is 817 g/mol. The number of hydrogen-bond donors (Lipinski definition) is 0. The van der Waals surface area contributed by atoms with Crippen molar-refractivity contribution in [2.75, 3.05) is 13.1 Å². The molecule has 0 N–H and O–H groups in total. The molecule has 2 aliphatic heterocycles. The Labute approximate surface area is 325 Å². The quantitative estimate of drug-likeness (QED) is 0.121. The predicted octanol–water partition coefficient (Wildman–Crippen LogP) is 14.9. The van der Waals surface area contributed by atoms with Crippen LogP contribution in [0.1, 0.15) is 65.5 Å². The standard InChI is InChI=1S/C45H34F12N/c46-42(47,48)30-16-28(17-31(22-30)43(49,50)51)36-20-26-10-4-6-12-34(26)40-38(36)24-58(14-8-2-1-3-9-15-58)25-39-37(21-27-11-5-7-13-35(27)41(39)40)29-18-32(44(52,53)54)23-33(19-29)45(55,56)57/h4-7,10-13,16-23H,1-3,8-9,14-15,24-25H2/q+1. The Bertz CT molecular complexity index is 2320. The monoisotopic (exact) mass is 816 g/mol. The molecular formula is C45H34F12N+. The van der Waals surface area contributed by atoms with Crippen LogP contribution in [0.2, 0.25) is 0 Å². The molecule has 302 valence electrons. The van der Waals surface area contributed by atoms with Crippen LogP contribution in [0.5, 0.6) is 0 Å². The van der Waals surface area contributed by atoms with Crippen molar-refractivity contribution in [3.63, 3.8) is 0 Å². The lowest BCUT2D eigenvalue weighted by molar-refractivity contribution is -0.954. The Morgan fingerprint density at radius 3 is 1.05 bits per heavy atom. The molecule has 8 rings (SSSR count). The van der Waals surface area contributed by atoms with Crippen LogP contribution in [0, 0.1) is 0 Å². The molecule has 2 aliphatic rings. The van der Waals surface area contributed by atoms with Gasteiger partial charge in [0.15, 0.2) is 0 Å². The van der Waals surface area contributed by atoms with Crippen molar-refractivity contribution < 1.29 is 57.2 Å². The fourth-order valence-electron chi connectivity index (χ4n) is 9.00. The highest BCUT2D eigenvalue weighted by Gasteiger charge is 2.42. The summed E-state index contributed by atoms with van der Waals surface area (Å²) >= 11 is 0. The second kappa shape index (κ2) is 14.1. The Balaban J connectivity index is 1.56. The molecule has 0 atom stereocenters. The van der Waals surface area contributed by atoms with Crippen LogP contribution >= 0.6 is 0 Å². The van der Waals surface area contributed by atoms with Crippen LogP contribution in [0.3, 0.4) is 0 Å². The summed E-state index contributed by atoms with van der Waals surface area (Å²) in [4.78, 5) is 0. The van der Waals surface area contributed by atoms with Crippen molar-refractivity contribution in [2.24, 2.45) is 0 Å². The van der Waals surface area contributed by atoms with Crippen molar-refractivity contribution in [3.05, 3.63) is 130 Å². The van der Waals surface area contributed by atoms with Crippen LogP contribution in [-0.2, 0) is 37.8 Å². The summed E-state index contributed by atoms with van der Waals surface area (Å²) in [7, 11) is 0. The normalized spacial score (nSPS) is 16.5. The SMILES string of the molecule is FC(F)(F)c1cc(-c2cc3ccccc3c3c2C[N+]2(CCCCCCC2)Cc2c(-c4cc(C(F)(F)F)cc(C(F)(F)F)c4)cc4ccccc4c2-3)cc(C(F)(F)F)c1. The molecule has 0 bridgehead atoms. The van der Waals surface area contributed by atoms with Gasteiger partial charge >= 0.3 is 24.7 Å². The highest BCUT2D eigenvalue weighted by Crippen LogP contribution is 2.52. The molecule has 0 aliphatic carbocycles. The maximum absolute atomic E-state index is 14.3. The molecule has 6 aromatic carbocycles. The zero-order valence-corrected chi connectivity index (χ0v) is 30.6. The number of fused-ring (bicyclic) bond motifs is 7. The molecule has 0 amide bonds. The topological polar surface area (TPSA) is 0 Å². The molecule has 58 heavy (non-hydrogen) atoms. The van der Waals surface area contributed by atoms with Crippen LogP contribution in [0.15, 0.2) is 97.1 Å². The first-order chi connectivity index (χ1) is 27.2. The minimum absolute atomic E-state index is 0.0783. The zero-order chi connectivity index (χ0) is 41.4. The van der Waals surface area contributed by atoms with E-state index >= 15 is 0 Å². The molecule has 0 aromatic heterocycles. The van der Waals surface area contributed by atoms with E-state index in [0.717, 1.165) is 19.3 Å². The van der Waals surface area contributed by atoms with E-state index in [1.165, 1.54) is 0 Å². The van der Waals surface area contributed by atoms with Crippen molar-refractivity contribution in [3.8, 4) is 33.4 Å². The van der Waals surface area contributed by atoms with E-state index in [4.69, 9.17) is 0 Å². The van der Waals surface area contributed by atoms with Gasteiger partial charge in [0, 0.05) is 22.3 Å². The van der Waals surface area contributed by atoms with Gasteiger partial charge in [-0.15, -0.1) is 0 Å². The smallest absolute Gasteiger partial charge is 0.316 e. The third-order valence-corrected chi connectivity index (χ3v) is 11.6. The summed E-state index contributed by atoms with van der Waals surface area (Å²) in [5, 5.41) is 2.12. The number of alkyl halides is 12. The molecule has 0 unspecified atom stereocenters. The molecule has 2 heterocycles. The molecule has 1 spiro atoms. The third kappa shape index (κ3) is 7.42. The van der Waals surface area contributed by atoms with E-state index in [2.05, 4.69) is 0 Å². The number of nitrogens with zero attached hydrogens (tertiary/aromatic N) is 1. The molecule has 1 saturated heterocycles. The van der Waals surface area contributed by atoms with Crippen LogP contribution in [-0.4, -0.2) is 17.6 Å². The van der Waals surface area contributed by atoms with Crippen molar-refractivity contribution in [1.29, 1.82) is 0 Å². The van der Waals surface area contributed by atoms with Gasteiger partial charge in [0.05, 0.1) is 35.3 Å². The lowest BCUT2D eigenvalue weighted by Crippen LogP contribution is -2.48. The first-order valence-electron chi connectivity index (χ1n) is 18.8. The summed E-state index contributed by atoms with van der Waals surface area (Å²) in [5.74, 6) is 0. The maximum Gasteiger partial charge on any atom is 0.416 e. The van der Waals surface area contributed by atoms with Gasteiger partial charge in [0.1, 0.15) is 13.1 Å². The van der Waals surface area contributed by atoms with E-state index in [0.29, 0.717) is 94.0 Å². The summed E-state index contributed by atoms with van der Waals surface area (Å²) in [6, 6.07) is 19.9. The number of halogens is 12. The van der Waals surface area contributed by atoms with E-state index in [9.17, 15) is 52.7 Å². The Morgan fingerprint density at radius 2 is 0.707 bits per heavy atom. The zero-order valence-electron chi connectivity index (χ0n) is 30.6. The highest BCUT2D eigenvalue weighted by atomic mass is 19.4. The van der Waals surface area contributed by atoms with E-state index in [-0.39, 0.29) is 52.0 Å². The van der Waals surface area contributed by atoms with Gasteiger partial charge in [-0.1, -0.05) is 55.0 Å². The third-order valence-electron chi connectivity index (χ3n) is 11.6. The largest absolute Gasteiger partial charge is 0.416 e. The van der Waals surface area contributed by atoms with Crippen molar-refractivity contribution >= 4 is 21.5 Å². The summed E-state index contributed by atoms with van der Waals surface area (Å²) in [6.45, 7) is 1.27. The molecule has 13 heteroatoms. The van der Waals surface area contributed by atoms with Crippen LogP contribution in [0.4, 0.5) is 52.7 Å². The first-order valence-corrected chi connectivity index (χ1v) is 18.8. The van der Waals surface area contributed by atoms with Gasteiger partial charge in [0.25, 0.3) is 0 Å².